The molecule has 0 radical (unpaired) electrons. The zero-order chi connectivity index (χ0) is 23.8. The van der Waals surface area contributed by atoms with E-state index in [0.717, 1.165) is 28.6 Å². The van der Waals surface area contributed by atoms with Crippen LogP contribution in [0.15, 0.2) is 84.0 Å². The first kappa shape index (κ1) is 23.4. The number of carbonyl (C=O) groups is 1. The van der Waals surface area contributed by atoms with Crippen LogP contribution < -0.4 is 14.8 Å². The fourth-order valence-electron chi connectivity index (χ4n) is 3.41. The number of aromatic nitrogens is 3. The third-order valence-corrected chi connectivity index (χ3v) is 5.95. The van der Waals surface area contributed by atoms with Crippen LogP contribution in [0.2, 0.25) is 0 Å². The van der Waals surface area contributed by atoms with Crippen LogP contribution in [0.1, 0.15) is 18.3 Å². The number of amides is 1. The molecule has 0 fully saturated rings. The molecule has 0 aliphatic heterocycles. The molecular formula is C26H26N4O3S. The number of hydrogen-bond donors (Lipinski definition) is 1. The zero-order valence-corrected chi connectivity index (χ0v) is 19.9. The molecule has 3 aromatic carbocycles. The molecule has 174 valence electrons. The highest BCUT2D eigenvalue weighted by Crippen LogP contribution is 2.25. The minimum Gasteiger partial charge on any atom is -0.497 e. The molecule has 8 heteroatoms. The summed E-state index contributed by atoms with van der Waals surface area (Å²) in [6, 6.07) is 25.2. The van der Waals surface area contributed by atoms with E-state index >= 15 is 0 Å². The lowest BCUT2D eigenvalue weighted by Gasteiger charge is -2.12. The molecule has 0 unspecified atom stereocenters. The van der Waals surface area contributed by atoms with Gasteiger partial charge in [0.15, 0.2) is 5.16 Å². The summed E-state index contributed by atoms with van der Waals surface area (Å²) in [4.78, 5) is 12.6. The van der Waals surface area contributed by atoms with Crippen molar-refractivity contribution in [2.24, 2.45) is 0 Å². The first-order chi connectivity index (χ1) is 16.7. The Morgan fingerprint density at radius 3 is 2.32 bits per heavy atom. The Labute approximate surface area is 203 Å². The van der Waals surface area contributed by atoms with Crippen LogP contribution in [0.5, 0.6) is 11.5 Å². The first-order valence-corrected chi connectivity index (χ1v) is 11.9. The second kappa shape index (κ2) is 11.4. The van der Waals surface area contributed by atoms with Crippen molar-refractivity contribution in [1.82, 2.24) is 14.8 Å². The summed E-state index contributed by atoms with van der Waals surface area (Å²) in [5, 5.41) is 12.4. The van der Waals surface area contributed by atoms with Gasteiger partial charge in [0, 0.05) is 17.8 Å². The predicted molar refractivity (Wildman–Crippen MR) is 134 cm³/mol. The van der Waals surface area contributed by atoms with Crippen molar-refractivity contribution in [1.29, 1.82) is 0 Å². The smallest absolute Gasteiger partial charge is 0.234 e. The molecule has 1 amide bonds. The number of rotatable bonds is 10. The highest BCUT2D eigenvalue weighted by atomic mass is 32.2. The van der Waals surface area contributed by atoms with Gasteiger partial charge in [-0.3, -0.25) is 9.36 Å². The van der Waals surface area contributed by atoms with Crippen LogP contribution in [-0.4, -0.2) is 40.1 Å². The Morgan fingerprint density at radius 1 is 0.941 bits per heavy atom. The molecular weight excluding hydrogens is 448 g/mol. The average molecular weight is 475 g/mol. The number of thioether (sulfide) groups is 1. The zero-order valence-electron chi connectivity index (χ0n) is 19.1. The van der Waals surface area contributed by atoms with Gasteiger partial charge in [0.2, 0.25) is 5.91 Å². The van der Waals surface area contributed by atoms with Crippen molar-refractivity contribution in [2.75, 3.05) is 24.8 Å². The average Bonchev–Trinajstić information content (AvgIpc) is 3.27. The summed E-state index contributed by atoms with van der Waals surface area (Å²) in [5.74, 6) is 2.42. The van der Waals surface area contributed by atoms with E-state index in [0.29, 0.717) is 23.9 Å². The molecule has 0 atom stereocenters. The summed E-state index contributed by atoms with van der Waals surface area (Å²) in [7, 11) is 1.61. The van der Waals surface area contributed by atoms with Gasteiger partial charge in [-0.1, -0.05) is 42.1 Å². The summed E-state index contributed by atoms with van der Waals surface area (Å²) >= 11 is 1.34. The van der Waals surface area contributed by atoms with E-state index in [1.54, 1.807) is 19.2 Å². The van der Waals surface area contributed by atoms with Crippen molar-refractivity contribution in [3.63, 3.8) is 0 Å². The van der Waals surface area contributed by atoms with Gasteiger partial charge in [-0.25, -0.2) is 0 Å². The second-order valence-corrected chi connectivity index (χ2v) is 8.33. The van der Waals surface area contributed by atoms with Gasteiger partial charge in [-0.15, -0.1) is 10.2 Å². The maximum atomic E-state index is 12.6. The number of nitrogens with zero attached hydrogens (tertiary/aromatic N) is 3. The third-order valence-electron chi connectivity index (χ3n) is 5.02. The van der Waals surface area contributed by atoms with Crippen LogP contribution in [0.25, 0.3) is 5.69 Å². The normalized spacial score (nSPS) is 10.6. The molecule has 0 bridgehead atoms. The highest BCUT2D eigenvalue weighted by molar-refractivity contribution is 7.99. The summed E-state index contributed by atoms with van der Waals surface area (Å²) in [6.45, 7) is 2.56. The van der Waals surface area contributed by atoms with E-state index in [1.165, 1.54) is 11.8 Å². The van der Waals surface area contributed by atoms with Crippen LogP contribution in [-0.2, 0) is 11.2 Å². The molecule has 1 N–H and O–H groups in total. The van der Waals surface area contributed by atoms with E-state index in [-0.39, 0.29) is 11.7 Å². The summed E-state index contributed by atoms with van der Waals surface area (Å²) < 4.78 is 12.7. The summed E-state index contributed by atoms with van der Waals surface area (Å²) in [5.41, 5.74) is 2.76. The molecule has 0 aliphatic carbocycles. The Bertz CT molecular complexity index is 1210. The van der Waals surface area contributed by atoms with Gasteiger partial charge in [0.25, 0.3) is 0 Å². The van der Waals surface area contributed by atoms with Crippen LogP contribution >= 0.6 is 11.8 Å². The van der Waals surface area contributed by atoms with E-state index in [1.807, 2.05) is 66.1 Å². The third kappa shape index (κ3) is 5.96. The SMILES string of the molecule is CCOc1ccc(-n2c(Cc3ccccc3)nnc2SCC(=O)Nc2ccc(OC)cc2)cc1. The molecule has 0 saturated carbocycles. The number of carbonyl (C=O) groups excluding carboxylic acids is 1. The van der Waals surface area contributed by atoms with Gasteiger partial charge in [-0.05, 0) is 61.0 Å². The van der Waals surface area contributed by atoms with Crippen molar-refractivity contribution >= 4 is 23.4 Å². The van der Waals surface area contributed by atoms with Gasteiger partial charge >= 0.3 is 0 Å². The Hall–Kier alpha value is -3.78. The standard InChI is InChI=1S/C26H26N4O3S/c1-3-33-23-15-11-21(12-16-23)30-24(17-19-7-5-4-6-8-19)28-29-26(30)34-18-25(31)27-20-9-13-22(32-2)14-10-20/h4-16H,3,17-18H2,1-2H3,(H,27,31). The molecule has 0 saturated heterocycles. The molecule has 1 heterocycles. The molecule has 0 aliphatic rings. The number of anilines is 1. The molecule has 34 heavy (non-hydrogen) atoms. The number of ether oxygens (including phenoxy) is 2. The Morgan fingerprint density at radius 2 is 1.65 bits per heavy atom. The highest BCUT2D eigenvalue weighted by Gasteiger charge is 2.17. The van der Waals surface area contributed by atoms with Gasteiger partial charge < -0.3 is 14.8 Å². The second-order valence-electron chi connectivity index (χ2n) is 7.39. The monoisotopic (exact) mass is 474 g/mol. The Balaban J connectivity index is 1.52. The number of hydrogen-bond acceptors (Lipinski definition) is 6. The van der Waals surface area contributed by atoms with Crippen molar-refractivity contribution < 1.29 is 14.3 Å². The number of methoxy groups -OCH3 is 1. The molecule has 4 aromatic rings. The predicted octanol–water partition coefficient (Wildman–Crippen LogP) is 5.00. The van der Waals surface area contributed by atoms with Gasteiger partial charge in [0.05, 0.1) is 19.5 Å². The molecule has 1 aromatic heterocycles. The van der Waals surface area contributed by atoms with Crippen LogP contribution in [0, 0.1) is 0 Å². The van der Waals surface area contributed by atoms with Gasteiger partial charge in [0.1, 0.15) is 17.3 Å². The number of benzene rings is 3. The number of nitrogens with one attached hydrogen (secondary N) is 1. The molecule has 7 nitrogen and oxygen atoms in total. The fraction of sp³-hybridized carbons (Fsp3) is 0.192. The van der Waals surface area contributed by atoms with Gasteiger partial charge in [-0.2, -0.15) is 0 Å². The largest absolute Gasteiger partial charge is 0.497 e. The topological polar surface area (TPSA) is 78.3 Å². The summed E-state index contributed by atoms with van der Waals surface area (Å²) in [6.07, 6.45) is 0.625. The van der Waals surface area contributed by atoms with E-state index in [4.69, 9.17) is 9.47 Å². The maximum Gasteiger partial charge on any atom is 0.234 e. The van der Waals surface area contributed by atoms with Crippen molar-refractivity contribution in [3.8, 4) is 17.2 Å². The fourth-order valence-corrected chi connectivity index (χ4v) is 4.18. The van der Waals surface area contributed by atoms with Crippen LogP contribution in [0.3, 0.4) is 0 Å². The van der Waals surface area contributed by atoms with E-state index < -0.39 is 0 Å². The molecule has 0 spiro atoms. The van der Waals surface area contributed by atoms with Crippen LogP contribution in [0.4, 0.5) is 5.69 Å². The van der Waals surface area contributed by atoms with Crippen molar-refractivity contribution in [2.45, 2.75) is 18.5 Å². The lowest BCUT2D eigenvalue weighted by atomic mass is 10.1. The van der Waals surface area contributed by atoms with E-state index in [2.05, 4.69) is 27.6 Å². The minimum atomic E-state index is -0.124. The van der Waals surface area contributed by atoms with E-state index in [9.17, 15) is 4.79 Å². The molecule has 4 rings (SSSR count). The lowest BCUT2D eigenvalue weighted by molar-refractivity contribution is -0.113. The first-order valence-electron chi connectivity index (χ1n) is 10.9. The lowest BCUT2D eigenvalue weighted by Crippen LogP contribution is -2.14. The minimum absolute atomic E-state index is 0.124. The van der Waals surface area contributed by atoms with Crippen molar-refractivity contribution in [3.05, 3.63) is 90.3 Å². The quantitative estimate of drug-likeness (QED) is 0.326. The maximum absolute atomic E-state index is 12.6. The Kier molecular flexibility index (Phi) is 7.83.